The number of nitrogens with one attached hydrogen (secondary N) is 1. The van der Waals surface area contributed by atoms with Gasteiger partial charge in [0.15, 0.2) is 0 Å². The van der Waals surface area contributed by atoms with Gasteiger partial charge in [-0.2, -0.15) is 13.2 Å². The fourth-order valence-corrected chi connectivity index (χ4v) is 5.35. The number of amides is 1. The van der Waals surface area contributed by atoms with Gasteiger partial charge in [-0.25, -0.2) is 4.79 Å². The molecule has 2 aliphatic rings. The summed E-state index contributed by atoms with van der Waals surface area (Å²) in [7, 11) is 0. The standard InChI is InChI=1S/C29H27F3N2O3/c1-2-37-28(36)20-8-5-7-19(16-20)26-17-25(33-24-15-10-18-6-3-4-9-23(18)24)27(35)34(26)22-13-11-21(12-14-22)29(30,31)32/h3-9,11-14,16,24-26,33H,2,10,15,17H2,1H3/t24-,25-,26-/m1/s1. The maximum atomic E-state index is 13.7. The highest BCUT2D eigenvalue weighted by atomic mass is 19.4. The predicted octanol–water partition coefficient (Wildman–Crippen LogP) is 6.01. The second kappa shape index (κ2) is 10.0. The molecule has 1 amide bonds. The third-order valence-corrected chi connectivity index (χ3v) is 7.10. The van der Waals surface area contributed by atoms with E-state index < -0.39 is 29.8 Å². The molecule has 0 spiro atoms. The third kappa shape index (κ3) is 4.98. The molecule has 192 valence electrons. The van der Waals surface area contributed by atoms with Crippen molar-refractivity contribution in [3.8, 4) is 0 Å². The molecule has 3 atom stereocenters. The summed E-state index contributed by atoms with van der Waals surface area (Å²) in [5.41, 5.74) is 3.10. The maximum absolute atomic E-state index is 13.7. The van der Waals surface area contributed by atoms with Crippen LogP contribution in [0.2, 0.25) is 0 Å². The molecule has 1 aliphatic carbocycles. The van der Waals surface area contributed by atoms with E-state index in [1.54, 1.807) is 30.0 Å². The number of ether oxygens (including phenoxy) is 1. The number of halogens is 3. The molecule has 1 aliphatic heterocycles. The van der Waals surface area contributed by atoms with Gasteiger partial charge in [0, 0.05) is 11.7 Å². The van der Waals surface area contributed by atoms with Gasteiger partial charge in [0.2, 0.25) is 5.91 Å². The zero-order valence-electron chi connectivity index (χ0n) is 20.3. The van der Waals surface area contributed by atoms with Crippen molar-refractivity contribution in [1.29, 1.82) is 0 Å². The van der Waals surface area contributed by atoms with E-state index in [1.807, 2.05) is 18.2 Å². The fraction of sp³-hybridized carbons (Fsp3) is 0.310. The first kappa shape index (κ1) is 25.0. The number of fused-ring (bicyclic) bond motifs is 1. The molecule has 1 N–H and O–H groups in total. The number of carbonyl (C=O) groups is 2. The van der Waals surface area contributed by atoms with Crippen molar-refractivity contribution in [3.63, 3.8) is 0 Å². The van der Waals surface area contributed by atoms with Crippen LogP contribution in [0.3, 0.4) is 0 Å². The molecule has 0 unspecified atom stereocenters. The van der Waals surface area contributed by atoms with Crippen LogP contribution in [0.15, 0.2) is 72.8 Å². The number of hydrogen-bond donors (Lipinski definition) is 1. The lowest BCUT2D eigenvalue weighted by atomic mass is 9.99. The second-order valence-electron chi connectivity index (χ2n) is 9.36. The lowest BCUT2D eigenvalue weighted by Gasteiger charge is -2.26. The van der Waals surface area contributed by atoms with Crippen molar-refractivity contribution in [2.24, 2.45) is 0 Å². The van der Waals surface area contributed by atoms with Crippen molar-refractivity contribution in [2.75, 3.05) is 11.5 Å². The minimum atomic E-state index is -4.47. The summed E-state index contributed by atoms with van der Waals surface area (Å²) < 4.78 is 44.7. The van der Waals surface area contributed by atoms with Crippen LogP contribution in [-0.2, 0) is 22.1 Å². The van der Waals surface area contributed by atoms with Crippen molar-refractivity contribution < 1.29 is 27.5 Å². The number of carbonyl (C=O) groups excluding carboxylic acids is 2. The fourth-order valence-electron chi connectivity index (χ4n) is 5.35. The molecule has 37 heavy (non-hydrogen) atoms. The van der Waals surface area contributed by atoms with E-state index in [0.717, 1.165) is 30.5 Å². The Hall–Kier alpha value is -3.65. The Morgan fingerprint density at radius 1 is 1.03 bits per heavy atom. The minimum absolute atomic E-state index is 0.0178. The molecular formula is C29H27F3N2O3. The van der Waals surface area contributed by atoms with Crippen LogP contribution in [0.5, 0.6) is 0 Å². The molecule has 3 aromatic carbocycles. The van der Waals surface area contributed by atoms with Gasteiger partial charge in [-0.1, -0.05) is 36.4 Å². The average Bonchev–Trinajstić information content (AvgIpc) is 3.45. The van der Waals surface area contributed by atoms with Crippen LogP contribution >= 0.6 is 0 Å². The van der Waals surface area contributed by atoms with Gasteiger partial charge in [-0.05, 0) is 79.3 Å². The molecule has 0 bridgehead atoms. The van der Waals surface area contributed by atoms with Crippen molar-refractivity contribution in [2.45, 2.75) is 50.5 Å². The molecular weight excluding hydrogens is 481 g/mol. The smallest absolute Gasteiger partial charge is 0.416 e. The lowest BCUT2D eigenvalue weighted by Crippen LogP contribution is -2.40. The number of aryl methyl sites for hydroxylation is 1. The molecule has 8 heteroatoms. The first-order valence-electron chi connectivity index (χ1n) is 12.4. The van der Waals surface area contributed by atoms with E-state index in [1.165, 1.54) is 23.3 Å². The van der Waals surface area contributed by atoms with E-state index in [4.69, 9.17) is 4.74 Å². The Bertz CT molecular complexity index is 1310. The van der Waals surface area contributed by atoms with Crippen molar-refractivity contribution >= 4 is 17.6 Å². The monoisotopic (exact) mass is 508 g/mol. The summed E-state index contributed by atoms with van der Waals surface area (Å²) in [6.45, 7) is 1.96. The Balaban J connectivity index is 1.48. The first-order chi connectivity index (χ1) is 17.8. The summed E-state index contributed by atoms with van der Waals surface area (Å²) in [5, 5.41) is 3.51. The van der Waals surface area contributed by atoms with Gasteiger partial charge >= 0.3 is 12.1 Å². The summed E-state index contributed by atoms with van der Waals surface area (Å²) in [4.78, 5) is 27.6. The van der Waals surface area contributed by atoms with Gasteiger partial charge in [0.25, 0.3) is 0 Å². The van der Waals surface area contributed by atoms with Crippen LogP contribution in [-0.4, -0.2) is 24.5 Å². The number of hydrogen-bond acceptors (Lipinski definition) is 4. The van der Waals surface area contributed by atoms with Crippen LogP contribution < -0.4 is 10.2 Å². The highest BCUT2D eigenvalue weighted by Gasteiger charge is 2.43. The van der Waals surface area contributed by atoms with Gasteiger partial charge in [0.1, 0.15) is 0 Å². The zero-order valence-corrected chi connectivity index (χ0v) is 20.3. The van der Waals surface area contributed by atoms with Gasteiger partial charge < -0.3 is 9.64 Å². The van der Waals surface area contributed by atoms with Crippen LogP contribution in [0, 0.1) is 0 Å². The Labute approximate surface area is 213 Å². The largest absolute Gasteiger partial charge is 0.462 e. The van der Waals surface area contributed by atoms with Crippen LogP contribution in [0.4, 0.5) is 18.9 Å². The first-order valence-corrected chi connectivity index (χ1v) is 12.4. The Morgan fingerprint density at radius 3 is 2.51 bits per heavy atom. The predicted molar refractivity (Wildman–Crippen MR) is 133 cm³/mol. The molecule has 1 fully saturated rings. The Morgan fingerprint density at radius 2 is 1.78 bits per heavy atom. The molecule has 1 saturated heterocycles. The molecule has 5 rings (SSSR count). The highest BCUT2D eigenvalue weighted by Crippen LogP contribution is 2.41. The normalized spacial score (nSPS) is 21.2. The van der Waals surface area contributed by atoms with E-state index in [0.29, 0.717) is 17.7 Å². The molecule has 5 nitrogen and oxygen atoms in total. The van der Waals surface area contributed by atoms with E-state index in [9.17, 15) is 22.8 Å². The highest BCUT2D eigenvalue weighted by molar-refractivity contribution is 6.00. The average molecular weight is 509 g/mol. The van der Waals surface area contributed by atoms with E-state index >= 15 is 0 Å². The number of esters is 1. The molecule has 0 saturated carbocycles. The quantitative estimate of drug-likeness (QED) is 0.415. The Kier molecular flexibility index (Phi) is 6.77. The summed E-state index contributed by atoms with van der Waals surface area (Å²) in [6.07, 6.45) is -2.28. The number of nitrogens with zero attached hydrogens (tertiary/aromatic N) is 1. The molecule has 3 aromatic rings. The number of alkyl halides is 3. The van der Waals surface area contributed by atoms with Crippen LogP contribution in [0.25, 0.3) is 0 Å². The SMILES string of the molecule is CCOC(=O)c1cccc([C@H]2C[C@@H](N[C@@H]3CCc4ccccc43)C(=O)N2c2ccc(C(F)(F)F)cc2)c1. The molecule has 1 heterocycles. The van der Waals surface area contributed by atoms with E-state index in [2.05, 4.69) is 17.4 Å². The summed E-state index contributed by atoms with van der Waals surface area (Å²) in [6, 6.07) is 18.7. The van der Waals surface area contributed by atoms with Crippen LogP contribution in [0.1, 0.15) is 64.5 Å². The van der Waals surface area contributed by atoms with Gasteiger partial charge in [-0.3, -0.25) is 10.1 Å². The van der Waals surface area contributed by atoms with Crippen molar-refractivity contribution in [3.05, 3.63) is 101 Å². The number of rotatable bonds is 6. The second-order valence-corrected chi connectivity index (χ2v) is 9.36. The van der Waals surface area contributed by atoms with Gasteiger partial charge in [0.05, 0.1) is 29.8 Å². The minimum Gasteiger partial charge on any atom is -0.462 e. The summed E-state index contributed by atoms with van der Waals surface area (Å²) in [5.74, 6) is -0.678. The zero-order chi connectivity index (χ0) is 26.2. The molecule has 0 radical (unpaired) electrons. The maximum Gasteiger partial charge on any atom is 0.416 e. The lowest BCUT2D eigenvalue weighted by molar-refractivity contribution is -0.137. The third-order valence-electron chi connectivity index (χ3n) is 7.10. The topological polar surface area (TPSA) is 58.6 Å². The number of anilines is 1. The number of benzene rings is 3. The van der Waals surface area contributed by atoms with Gasteiger partial charge in [-0.15, -0.1) is 0 Å². The van der Waals surface area contributed by atoms with Crippen molar-refractivity contribution in [1.82, 2.24) is 5.32 Å². The van der Waals surface area contributed by atoms with E-state index in [-0.39, 0.29) is 18.6 Å². The molecule has 0 aromatic heterocycles. The summed E-state index contributed by atoms with van der Waals surface area (Å²) >= 11 is 0.